The number of rotatable bonds is 5. The summed E-state index contributed by atoms with van der Waals surface area (Å²) in [6.07, 6.45) is 6.32. The van der Waals surface area contributed by atoms with Crippen LogP contribution in [0.3, 0.4) is 0 Å². The Labute approximate surface area is 111 Å². The predicted octanol–water partition coefficient (Wildman–Crippen LogP) is 2.56. The minimum atomic E-state index is 0.278. The second kappa shape index (κ2) is 5.85. The van der Waals surface area contributed by atoms with Gasteiger partial charge >= 0.3 is 0 Å². The number of hydrogen-bond acceptors (Lipinski definition) is 2. The molecule has 1 aliphatic carbocycles. The van der Waals surface area contributed by atoms with E-state index >= 15 is 0 Å². The van der Waals surface area contributed by atoms with Gasteiger partial charge in [-0.05, 0) is 44.5 Å². The third-order valence-electron chi connectivity index (χ3n) is 4.37. The molecule has 0 bridgehead atoms. The van der Waals surface area contributed by atoms with E-state index in [1.54, 1.807) is 0 Å². The zero-order chi connectivity index (χ0) is 13.0. The molecule has 2 N–H and O–H groups in total. The minimum absolute atomic E-state index is 0.278. The molecule has 0 aromatic heterocycles. The van der Waals surface area contributed by atoms with Crippen molar-refractivity contribution < 1.29 is 0 Å². The summed E-state index contributed by atoms with van der Waals surface area (Å²) in [5, 5.41) is 0. The second-order valence-electron chi connectivity index (χ2n) is 5.94. The number of hydrogen-bond donors (Lipinski definition) is 1. The normalized spacial score (nSPS) is 18.4. The summed E-state index contributed by atoms with van der Waals surface area (Å²) in [5.74, 6) is 0. The Morgan fingerprint density at radius 3 is 2.22 bits per heavy atom. The Hall–Kier alpha value is -0.860. The first-order chi connectivity index (χ1) is 8.66. The summed E-state index contributed by atoms with van der Waals surface area (Å²) in [7, 11) is 4.24. The maximum absolute atomic E-state index is 6.03. The van der Waals surface area contributed by atoms with Gasteiger partial charge in [0.1, 0.15) is 0 Å². The third kappa shape index (κ3) is 2.93. The molecule has 1 aromatic carbocycles. The highest BCUT2D eigenvalue weighted by molar-refractivity contribution is 5.30. The van der Waals surface area contributed by atoms with Crippen LogP contribution in [-0.2, 0) is 11.8 Å². The summed E-state index contributed by atoms with van der Waals surface area (Å²) in [5.41, 5.74) is 9.19. The van der Waals surface area contributed by atoms with Crippen LogP contribution in [0.5, 0.6) is 0 Å². The third-order valence-corrected chi connectivity index (χ3v) is 4.37. The smallest absolute Gasteiger partial charge is 0.00755 e. The molecule has 0 saturated heterocycles. The Kier molecular flexibility index (Phi) is 4.41. The molecule has 0 amide bonds. The first-order valence-electron chi connectivity index (χ1n) is 7.10. The molecule has 2 heteroatoms. The van der Waals surface area contributed by atoms with Crippen LogP contribution in [0.4, 0.5) is 0 Å². The van der Waals surface area contributed by atoms with Crippen LogP contribution in [0.25, 0.3) is 0 Å². The molecule has 2 rings (SSSR count). The van der Waals surface area contributed by atoms with Crippen molar-refractivity contribution in [3.8, 4) is 0 Å². The van der Waals surface area contributed by atoms with Crippen molar-refractivity contribution in [2.45, 2.75) is 37.5 Å². The maximum atomic E-state index is 6.03. The van der Waals surface area contributed by atoms with Crippen LogP contribution in [0.15, 0.2) is 24.3 Å². The summed E-state index contributed by atoms with van der Waals surface area (Å²) in [6, 6.07) is 9.19. The fraction of sp³-hybridized carbons (Fsp3) is 0.625. The van der Waals surface area contributed by atoms with Gasteiger partial charge in [0.25, 0.3) is 0 Å². The van der Waals surface area contributed by atoms with Gasteiger partial charge in [-0.3, -0.25) is 0 Å². The average molecular weight is 246 g/mol. The highest BCUT2D eigenvalue weighted by Gasteiger charge is 2.33. The van der Waals surface area contributed by atoms with Crippen molar-refractivity contribution in [1.29, 1.82) is 0 Å². The zero-order valence-corrected chi connectivity index (χ0v) is 11.8. The average Bonchev–Trinajstić information content (AvgIpc) is 2.87. The van der Waals surface area contributed by atoms with Crippen molar-refractivity contribution in [1.82, 2.24) is 4.90 Å². The van der Waals surface area contributed by atoms with Gasteiger partial charge in [0.15, 0.2) is 0 Å². The Morgan fingerprint density at radius 1 is 1.11 bits per heavy atom. The van der Waals surface area contributed by atoms with E-state index in [2.05, 4.69) is 43.3 Å². The lowest BCUT2D eigenvalue weighted by Gasteiger charge is -2.28. The molecule has 1 aliphatic rings. The van der Waals surface area contributed by atoms with E-state index in [1.165, 1.54) is 36.8 Å². The highest BCUT2D eigenvalue weighted by Crippen LogP contribution is 2.40. The Morgan fingerprint density at radius 2 is 1.72 bits per heavy atom. The molecule has 0 heterocycles. The quantitative estimate of drug-likeness (QED) is 0.865. The van der Waals surface area contributed by atoms with Crippen molar-refractivity contribution in [2.24, 2.45) is 5.73 Å². The van der Waals surface area contributed by atoms with E-state index in [0.717, 1.165) is 19.5 Å². The van der Waals surface area contributed by atoms with Crippen molar-refractivity contribution in [3.05, 3.63) is 35.4 Å². The maximum Gasteiger partial charge on any atom is 0.00755 e. The number of nitrogens with zero attached hydrogens (tertiary/aromatic N) is 1. The standard InChI is InChI=1S/C16H26N2/c1-18(2)12-9-14-5-7-15(8-6-14)16(13-17)10-3-4-11-16/h5-8H,3-4,9-13,17H2,1-2H3. The van der Waals surface area contributed by atoms with Gasteiger partial charge in [0.05, 0.1) is 0 Å². The van der Waals surface area contributed by atoms with Gasteiger partial charge in [-0.1, -0.05) is 37.1 Å². The lowest BCUT2D eigenvalue weighted by molar-refractivity contribution is 0.413. The minimum Gasteiger partial charge on any atom is -0.330 e. The van der Waals surface area contributed by atoms with Crippen molar-refractivity contribution >= 4 is 0 Å². The van der Waals surface area contributed by atoms with E-state index in [4.69, 9.17) is 5.73 Å². The fourth-order valence-electron chi connectivity index (χ4n) is 3.04. The molecule has 1 fully saturated rings. The Balaban J connectivity index is 2.07. The molecule has 1 saturated carbocycles. The summed E-state index contributed by atoms with van der Waals surface area (Å²) < 4.78 is 0. The predicted molar refractivity (Wildman–Crippen MR) is 77.9 cm³/mol. The largest absolute Gasteiger partial charge is 0.330 e. The zero-order valence-electron chi connectivity index (χ0n) is 11.8. The van der Waals surface area contributed by atoms with Crippen LogP contribution in [0.2, 0.25) is 0 Å². The molecule has 18 heavy (non-hydrogen) atoms. The highest BCUT2D eigenvalue weighted by atomic mass is 15.0. The van der Waals surface area contributed by atoms with E-state index in [-0.39, 0.29) is 5.41 Å². The number of nitrogens with two attached hydrogens (primary N) is 1. The second-order valence-corrected chi connectivity index (χ2v) is 5.94. The first-order valence-corrected chi connectivity index (χ1v) is 7.10. The van der Waals surface area contributed by atoms with Gasteiger partial charge in [-0.15, -0.1) is 0 Å². The number of likely N-dealkylation sites (N-methyl/N-ethyl adjacent to an activating group) is 1. The topological polar surface area (TPSA) is 29.3 Å². The van der Waals surface area contributed by atoms with E-state index < -0.39 is 0 Å². The molecular formula is C16H26N2. The lowest BCUT2D eigenvalue weighted by Crippen LogP contribution is -2.31. The van der Waals surface area contributed by atoms with Gasteiger partial charge in [-0.25, -0.2) is 0 Å². The van der Waals surface area contributed by atoms with E-state index in [1.807, 2.05) is 0 Å². The van der Waals surface area contributed by atoms with Crippen LogP contribution in [0, 0.1) is 0 Å². The first kappa shape index (κ1) is 13.6. The SMILES string of the molecule is CN(C)CCc1ccc(C2(CN)CCCC2)cc1. The Bertz CT molecular complexity index is 361. The molecular weight excluding hydrogens is 220 g/mol. The molecule has 2 nitrogen and oxygen atoms in total. The van der Waals surface area contributed by atoms with Crippen LogP contribution >= 0.6 is 0 Å². The molecule has 0 unspecified atom stereocenters. The summed E-state index contributed by atoms with van der Waals surface area (Å²) in [4.78, 5) is 2.23. The van der Waals surface area contributed by atoms with Crippen LogP contribution in [-0.4, -0.2) is 32.1 Å². The van der Waals surface area contributed by atoms with E-state index in [9.17, 15) is 0 Å². The van der Waals surface area contributed by atoms with Gasteiger partial charge in [0, 0.05) is 18.5 Å². The fourth-order valence-corrected chi connectivity index (χ4v) is 3.04. The van der Waals surface area contributed by atoms with Gasteiger partial charge in [-0.2, -0.15) is 0 Å². The molecule has 100 valence electrons. The van der Waals surface area contributed by atoms with Crippen molar-refractivity contribution in [3.63, 3.8) is 0 Å². The molecule has 0 aliphatic heterocycles. The van der Waals surface area contributed by atoms with E-state index in [0.29, 0.717) is 0 Å². The van der Waals surface area contributed by atoms with Crippen LogP contribution in [0.1, 0.15) is 36.8 Å². The van der Waals surface area contributed by atoms with Crippen molar-refractivity contribution in [2.75, 3.05) is 27.2 Å². The molecule has 0 atom stereocenters. The molecule has 0 spiro atoms. The summed E-state index contributed by atoms with van der Waals surface area (Å²) in [6.45, 7) is 1.91. The lowest BCUT2D eigenvalue weighted by atomic mass is 9.79. The van der Waals surface area contributed by atoms with Crippen LogP contribution < -0.4 is 5.73 Å². The number of benzene rings is 1. The molecule has 1 aromatic rings. The molecule has 0 radical (unpaired) electrons. The monoisotopic (exact) mass is 246 g/mol. The van der Waals surface area contributed by atoms with Gasteiger partial charge in [0.2, 0.25) is 0 Å². The summed E-state index contributed by atoms with van der Waals surface area (Å²) >= 11 is 0. The van der Waals surface area contributed by atoms with Gasteiger partial charge < -0.3 is 10.6 Å².